The lowest BCUT2D eigenvalue weighted by Gasteiger charge is -1.99. The van der Waals surface area contributed by atoms with E-state index in [9.17, 15) is 4.79 Å². The van der Waals surface area contributed by atoms with E-state index in [2.05, 4.69) is 20.9 Å². The zero-order valence-corrected chi connectivity index (χ0v) is 14.5. The van der Waals surface area contributed by atoms with E-state index in [1.165, 1.54) is 0 Å². The summed E-state index contributed by atoms with van der Waals surface area (Å²) in [5.74, 6) is 1.33. The number of benzene rings is 2. The first-order valence-electron chi connectivity index (χ1n) is 7.05. The van der Waals surface area contributed by atoms with E-state index in [0.717, 1.165) is 10.0 Å². The molecule has 4 rings (SSSR count). The highest BCUT2D eigenvalue weighted by molar-refractivity contribution is 9.10. The Morgan fingerprint density at radius 2 is 1.92 bits per heavy atom. The first-order chi connectivity index (χ1) is 11.6. The van der Waals surface area contributed by atoms with E-state index in [4.69, 9.17) is 20.4 Å². The lowest BCUT2D eigenvalue weighted by Crippen LogP contribution is -1.79. The molecule has 24 heavy (non-hydrogen) atoms. The van der Waals surface area contributed by atoms with Crippen molar-refractivity contribution < 1.29 is 13.6 Å². The zero-order valence-electron chi connectivity index (χ0n) is 12.1. The third kappa shape index (κ3) is 2.66. The molecule has 0 spiro atoms. The second-order valence-electron chi connectivity index (χ2n) is 5.15. The second-order valence-corrected chi connectivity index (χ2v) is 6.47. The molecule has 0 aliphatic rings. The highest BCUT2D eigenvalue weighted by Gasteiger charge is 2.14. The van der Waals surface area contributed by atoms with Gasteiger partial charge in [0.1, 0.15) is 11.3 Å². The van der Waals surface area contributed by atoms with Crippen molar-refractivity contribution in [3.05, 3.63) is 63.8 Å². The number of carbonyl (C=O) groups is 1. The van der Waals surface area contributed by atoms with E-state index in [1.54, 1.807) is 18.2 Å². The molecule has 0 unspecified atom stereocenters. The van der Waals surface area contributed by atoms with Crippen molar-refractivity contribution in [2.45, 2.75) is 0 Å². The van der Waals surface area contributed by atoms with Crippen LogP contribution in [0.1, 0.15) is 10.6 Å². The monoisotopic (exact) mass is 401 g/mol. The fourth-order valence-corrected chi connectivity index (χ4v) is 2.99. The largest absolute Gasteiger partial charge is 0.453 e. The molecule has 2 heterocycles. The van der Waals surface area contributed by atoms with Crippen LogP contribution in [-0.4, -0.2) is 11.3 Å². The van der Waals surface area contributed by atoms with Gasteiger partial charge in [0.25, 0.3) is 0 Å². The molecule has 2 aromatic heterocycles. The lowest BCUT2D eigenvalue weighted by molar-refractivity contribution is 0.110. The zero-order chi connectivity index (χ0) is 16.7. The van der Waals surface area contributed by atoms with E-state index < -0.39 is 0 Å². The summed E-state index contributed by atoms with van der Waals surface area (Å²) < 4.78 is 12.1. The average Bonchev–Trinajstić information content (AvgIpc) is 3.22. The predicted molar refractivity (Wildman–Crippen MR) is 95.2 cm³/mol. The van der Waals surface area contributed by atoms with Gasteiger partial charge in [0.05, 0.1) is 10.6 Å². The molecule has 0 saturated heterocycles. The number of aldehydes is 1. The smallest absolute Gasteiger partial charge is 0.228 e. The van der Waals surface area contributed by atoms with Crippen molar-refractivity contribution in [2.75, 3.05) is 0 Å². The van der Waals surface area contributed by atoms with Crippen molar-refractivity contribution in [1.29, 1.82) is 0 Å². The number of carbonyl (C=O) groups excluding carboxylic acids is 1. The Hall–Kier alpha value is -2.37. The van der Waals surface area contributed by atoms with Gasteiger partial charge in [-0.25, -0.2) is 4.98 Å². The Kier molecular flexibility index (Phi) is 3.75. The molecule has 0 radical (unpaired) electrons. The number of hydrogen-bond acceptors (Lipinski definition) is 4. The second kappa shape index (κ2) is 5.92. The molecule has 6 heteroatoms. The maximum atomic E-state index is 10.7. The summed E-state index contributed by atoms with van der Waals surface area (Å²) in [5.41, 5.74) is 2.86. The van der Waals surface area contributed by atoms with Crippen molar-refractivity contribution >= 4 is 44.9 Å². The number of nitrogens with zero attached hydrogens (tertiary/aromatic N) is 1. The fourth-order valence-electron chi connectivity index (χ4n) is 2.43. The minimum absolute atomic E-state index is 0.284. The van der Waals surface area contributed by atoms with Gasteiger partial charge in [-0.15, -0.1) is 0 Å². The van der Waals surface area contributed by atoms with Crippen LogP contribution < -0.4 is 0 Å². The third-order valence-corrected chi connectivity index (χ3v) is 4.40. The van der Waals surface area contributed by atoms with Crippen LogP contribution in [-0.2, 0) is 0 Å². The van der Waals surface area contributed by atoms with E-state index >= 15 is 0 Å². The molecule has 0 aliphatic heterocycles. The molecule has 4 aromatic rings. The molecule has 0 N–H and O–H groups in total. The third-order valence-electron chi connectivity index (χ3n) is 3.57. The van der Waals surface area contributed by atoms with Gasteiger partial charge in [0.15, 0.2) is 17.6 Å². The van der Waals surface area contributed by atoms with E-state index in [1.807, 2.05) is 30.3 Å². The van der Waals surface area contributed by atoms with Gasteiger partial charge >= 0.3 is 0 Å². The van der Waals surface area contributed by atoms with Gasteiger partial charge in [-0.1, -0.05) is 27.5 Å². The quantitative estimate of drug-likeness (QED) is 0.395. The van der Waals surface area contributed by atoms with Crippen molar-refractivity contribution in [1.82, 2.24) is 4.98 Å². The normalized spacial score (nSPS) is 11.1. The lowest BCUT2D eigenvalue weighted by atomic mass is 10.1. The molecule has 118 valence electrons. The summed E-state index contributed by atoms with van der Waals surface area (Å²) in [4.78, 5) is 15.3. The maximum absolute atomic E-state index is 10.7. The molecule has 0 saturated carbocycles. The SMILES string of the molecule is O=Cc1ccc(-c2ccc3oc(-c4cc(Br)ccc4Cl)nc3c2)o1. The first-order valence-corrected chi connectivity index (χ1v) is 8.22. The number of rotatable bonds is 3. The topological polar surface area (TPSA) is 56.2 Å². The van der Waals surface area contributed by atoms with Crippen LogP contribution in [0.3, 0.4) is 0 Å². The van der Waals surface area contributed by atoms with Crippen LogP contribution in [0.25, 0.3) is 33.9 Å². The van der Waals surface area contributed by atoms with Gasteiger partial charge < -0.3 is 8.83 Å². The summed E-state index contributed by atoms with van der Waals surface area (Å²) >= 11 is 9.66. The fraction of sp³-hybridized carbons (Fsp3) is 0. The molecular weight excluding hydrogens is 394 g/mol. The van der Waals surface area contributed by atoms with Crippen molar-refractivity contribution in [2.24, 2.45) is 0 Å². The summed E-state index contributed by atoms with van der Waals surface area (Å²) in [6, 6.07) is 14.4. The summed E-state index contributed by atoms with van der Waals surface area (Å²) in [6.45, 7) is 0. The van der Waals surface area contributed by atoms with E-state index in [0.29, 0.717) is 39.6 Å². The van der Waals surface area contributed by atoms with Crippen LogP contribution in [0.4, 0.5) is 0 Å². The van der Waals surface area contributed by atoms with Crippen LogP contribution >= 0.6 is 27.5 Å². The molecule has 0 fully saturated rings. The Balaban J connectivity index is 1.81. The van der Waals surface area contributed by atoms with Gasteiger partial charge in [0.2, 0.25) is 5.89 Å². The Labute approximate surface area is 150 Å². The molecule has 2 aromatic carbocycles. The molecule has 4 nitrogen and oxygen atoms in total. The Morgan fingerprint density at radius 3 is 2.71 bits per heavy atom. The highest BCUT2D eigenvalue weighted by Crippen LogP contribution is 2.33. The number of furan rings is 1. The van der Waals surface area contributed by atoms with Crippen LogP contribution in [0.5, 0.6) is 0 Å². The molecule has 0 aliphatic carbocycles. The predicted octanol–water partition coefficient (Wildman–Crippen LogP) is 5.98. The maximum Gasteiger partial charge on any atom is 0.228 e. The summed E-state index contributed by atoms with van der Waals surface area (Å²) in [5, 5.41) is 0.562. The number of aromatic nitrogens is 1. The first kappa shape index (κ1) is 15.2. The molecular formula is C18H9BrClNO3. The molecule has 0 amide bonds. The van der Waals surface area contributed by atoms with Gasteiger partial charge in [-0.05, 0) is 48.5 Å². The van der Waals surface area contributed by atoms with Gasteiger partial charge in [-0.3, -0.25) is 4.79 Å². The van der Waals surface area contributed by atoms with E-state index in [-0.39, 0.29) is 5.76 Å². The number of oxazole rings is 1. The number of halogens is 2. The molecule has 0 bridgehead atoms. The average molecular weight is 403 g/mol. The minimum atomic E-state index is 0.284. The van der Waals surface area contributed by atoms with Crippen LogP contribution in [0, 0.1) is 0 Å². The van der Waals surface area contributed by atoms with Crippen molar-refractivity contribution in [3.8, 4) is 22.8 Å². The molecule has 0 atom stereocenters. The highest BCUT2D eigenvalue weighted by atomic mass is 79.9. The number of fused-ring (bicyclic) bond motifs is 1. The standard InChI is InChI=1S/C18H9BrClNO3/c19-11-2-4-14(20)13(8-11)18-21-15-7-10(1-5-17(15)24-18)16-6-3-12(9-22)23-16/h1-9H. The Morgan fingerprint density at radius 1 is 1.04 bits per heavy atom. The van der Waals surface area contributed by atoms with Crippen LogP contribution in [0.15, 0.2) is 61.8 Å². The van der Waals surface area contributed by atoms with Gasteiger partial charge in [0, 0.05) is 10.0 Å². The summed E-state index contributed by atoms with van der Waals surface area (Å²) in [7, 11) is 0. The van der Waals surface area contributed by atoms with Crippen LogP contribution in [0.2, 0.25) is 5.02 Å². The van der Waals surface area contributed by atoms with Gasteiger partial charge in [-0.2, -0.15) is 0 Å². The van der Waals surface area contributed by atoms with Crippen molar-refractivity contribution in [3.63, 3.8) is 0 Å². The number of hydrogen-bond donors (Lipinski definition) is 0. The Bertz CT molecular complexity index is 1070. The minimum Gasteiger partial charge on any atom is -0.453 e. The summed E-state index contributed by atoms with van der Waals surface area (Å²) in [6.07, 6.45) is 0.672.